The van der Waals surface area contributed by atoms with Crippen molar-refractivity contribution in [2.24, 2.45) is 0 Å². The summed E-state index contributed by atoms with van der Waals surface area (Å²) in [6, 6.07) is 1.82. The van der Waals surface area contributed by atoms with Crippen molar-refractivity contribution in [2.45, 2.75) is 19.3 Å². The number of aromatic nitrogens is 1. The van der Waals surface area contributed by atoms with Crippen LogP contribution >= 0.6 is 0 Å². The third-order valence-corrected chi connectivity index (χ3v) is 2.05. The van der Waals surface area contributed by atoms with Crippen LogP contribution in [0.3, 0.4) is 0 Å². The first-order valence-corrected chi connectivity index (χ1v) is 4.40. The van der Waals surface area contributed by atoms with Gasteiger partial charge in [-0.05, 0) is 11.5 Å². The lowest BCUT2D eigenvalue weighted by atomic mass is 9.92. The molecule has 1 aromatic rings. The van der Waals surface area contributed by atoms with E-state index < -0.39 is 0 Å². The minimum absolute atomic E-state index is 0.0819. The molecule has 0 saturated heterocycles. The molecule has 0 amide bonds. The number of hydrogen-bond donors (Lipinski definition) is 0. The van der Waals surface area contributed by atoms with E-state index >= 15 is 0 Å². The number of ether oxygens (including phenoxy) is 1. The van der Waals surface area contributed by atoms with Gasteiger partial charge in [0, 0.05) is 12.4 Å². The lowest BCUT2D eigenvalue weighted by Gasteiger charge is -2.10. The van der Waals surface area contributed by atoms with E-state index in [1.165, 1.54) is 7.11 Å². The van der Waals surface area contributed by atoms with Crippen molar-refractivity contribution >= 4 is 19.3 Å². The fraction of sp³-hybridized carbons (Fsp3) is 0.400. The van der Waals surface area contributed by atoms with E-state index in [1.807, 2.05) is 13.0 Å². The number of nitrogens with zero attached hydrogens (tertiary/aromatic N) is 1. The normalized spacial score (nSPS) is 12.1. The molecule has 72 valence electrons. The van der Waals surface area contributed by atoms with E-state index in [4.69, 9.17) is 7.85 Å². The van der Waals surface area contributed by atoms with Crippen LogP contribution in [0, 0.1) is 0 Å². The van der Waals surface area contributed by atoms with Gasteiger partial charge in [0.25, 0.3) is 0 Å². The van der Waals surface area contributed by atoms with Crippen molar-refractivity contribution in [3.8, 4) is 0 Å². The molecule has 1 rings (SSSR count). The molecule has 1 heterocycles. The van der Waals surface area contributed by atoms with Gasteiger partial charge in [-0.25, -0.2) is 0 Å². The molecule has 14 heavy (non-hydrogen) atoms. The highest BCUT2D eigenvalue weighted by Crippen LogP contribution is 2.16. The Morgan fingerprint density at radius 1 is 1.64 bits per heavy atom. The average Bonchev–Trinajstić information content (AvgIpc) is 2.17. The number of rotatable bonds is 3. The van der Waals surface area contributed by atoms with Gasteiger partial charge in [-0.1, -0.05) is 18.5 Å². The molecule has 0 saturated carbocycles. The van der Waals surface area contributed by atoms with E-state index in [1.54, 1.807) is 12.4 Å². The number of methoxy groups -OCH3 is 1. The Morgan fingerprint density at radius 2 is 2.36 bits per heavy atom. The zero-order valence-corrected chi connectivity index (χ0v) is 8.36. The van der Waals surface area contributed by atoms with E-state index in [9.17, 15) is 4.79 Å². The van der Waals surface area contributed by atoms with Gasteiger partial charge < -0.3 is 4.74 Å². The predicted molar refractivity (Wildman–Crippen MR) is 54.7 cm³/mol. The highest BCUT2D eigenvalue weighted by molar-refractivity contribution is 6.32. The first kappa shape index (κ1) is 10.8. The van der Waals surface area contributed by atoms with Crippen molar-refractivity contribution in [1.82, 2.24) is 4.98 Å². The summed E-state index contributed by atoms with van der Waals surface area (Å²) in [6.45, 7) is 1.94. The summed E-state index contributed by atoms with van der Waals surface area (Å²) in [6.07, 6.45) is 3.64. The first-order chi connectivity index (χ1) is 6.63. The summed E-state index contributed by atoms with van der Waals surface area (Å²) < 4.78 is 4.58. The summed E-state index contributed by atoms with van der Waals surface area (Å²) in [4.78, 5) is 15.0. The molecule has 0 aromatic carbocycles. The fourth-order valence-corrected chi connectivity index (χ4v) is 1.20. The second kappa shape index (κ2) is 4.79. The monoisotopic (exact) mass is 189 g/mol. The van der Waals surface area contributed by atoms with Crippen LogP contribution in [0.2, 0.25) is 0 Å². The second-order valence-electron chi connectivity index (χ2n) is 3.23. The summed E-state index contributed by atoms with van der Waals surface area (Å²) in [5.74, 6) is -0.140. The highest BCUT2D eigenvalue weighted by atomic mass is 16.5. The van der Waals surface area contributed by atoms with Gasteiger partial charge in [0.2, 0.25) is 0 Å². The Kier molecular flexibility index (Phi) is 3.68. The molecule has 0 N–H and O–H groups in total. The topological polar surface area (TPSA) is 39.2 Å². The lowest BCUT2D eigenvalue weighted by molar-refractivity contribution is -0.140. The minimum atomic E-state index is -0.222. The van der Waals surface area contributed by atoms with Crippen LogP contribution in [0.1, 0.15) is 24.8 Å². The lowest BCUT2D eigenvalue weighted by Crippen LogP contribution is -2.10. The van der Waals surface area contributed by atoms with Crippen molar-refractivity contribution in [1.29, 1.82) is 0 Å². The van der Waals surface area contributed by atoms with E-state index in [0.717, 1.165) is 5.56 Å². The standard InChI is InChI=1S/C10H12BNO2/c1-7(3-10(13)14-2)8-4-9(11)6-12-5-8/h4-7H,3H2,1-2H3/t7-/m0/s1. The maximum Gasteiger partial charge on any atom is 0.306 e. The quantitative estimate of drug-likeness (QED) is 0.514. The molecule has 0 aliphatic heterocycles. The zero-order valence-electron chi connectivity index (χ0n) is 8.36. The fourth-order valence-electron chi connectivity index (χ4n) is 1.20. The van der Waals surface area contributed by atoms with Gasteiger partial charge in [-0.3, -0.25) is 9.78 Å². The summed E-state index contributed by atoms with van der Waals surface area (Å²) in [5.41, 5.74) is 1.56. The van der Waals surface area contributed by atoms with Crippen LogP contribution in [0.15, 0.2) is 18.5 Å². The molecule has 0 bridgehead atoms. The van der Waals surface area contributed by atoms with Crippen LogP contribution in [0.4, 0.5) is 0 Å². The average molecular weight is 189 g/mol. The molecule has 1 aromatic heterocycles. The van der Waals surface area contributed by atoms with Crippen molar-refractivity contribution in [3.63, 3.8) is 0 Å². The highest BCUT2D eigenvalue weighted by Gasteiger charge is 2.11. The SMILES string of the molecule is [B]c1cncc([C@@H](C)CC(=O)OC)c1. The minimum Gasteiger partial charge on any atom is -0.469 e. The molecule has 0 aliphatic carbocycles. The Morgan fingerprint density at radius 3 is 2.93 bits per heavy atom. The Hall–Kier alpha value is -1.32. The number of carbonyl (C=O) groups is 1. The third kappa shape index (κ3) is 2.87. The summed E-state index contributed by atoms with van der Waals surface area (Å²) >= 11 is 0. The molecule has 0 aliphatic rings. The molecule has 3 nitrogen and oxygen atoms in total. The predicted octanol–water partition coefficient (Wildman–Crippen LogP) is 0.542. The number of pyridine rings is 1. The molecule has 4 heteroatoms. The first-order valence-electron chi connectivity index (χ1n) is 4.40. The van der Waals surface area contributed by atoms with E-state index in [2.05, 4.69) is 9.72 Å². The number of esters is 1. The van der Waals surface area contributed by atoms with Crippen molar-refractivity contribution < 1.29 is 9.53 Å². The van der Waals surface area contributed by atoms with Crippen LogP contribution in [-0.2, 0) is 9.53 Å². The van der Waals surface area contributed by atoms with Crippen LogP contribution in [0.25, 0.3) is 0 Å². The Bertz CT molecular complexity index is 328. The van der Waals surface area contributed by atoms with E-state index in [0.29, 0.717) is 11.9 Å². The number of hydrogen-bond acceptors (Lipinski definition) is 3. The zero-order chi connectivity index (χ0) is 10.6. The molecule has 0 fully saturated rings. The van der Waals surface area contributed by atoms with Gasteiger partial charge in [0.05, 0.1) is 13.5 Å². The number of carbonyl (C=O) groups excluding carboxylic acids is 1. The van der Waals surface area contributed by atoms with Crippen LogP contribution in [-0.4, -0.2) is 25.9 Å². The van der Waals surface area contributed by atoms with Gasteiger partial charge in [-0.15, -0.1) is 0 Å². The molecule has 0 spiro atoms. The molecular formula is C10H12BNO2. The van der Waals surface area contributed by atoms with Crippen LogP contribution < -0.4 is 5.46 Å². The van der Waals surface area contributed by atoms with Crippen molar-refractivity contribution in [3.05, 3.63) is 24.0 Å². The Balaban J connectivity index is 2.69. The van der Waals surface area contributed by atoms with Crippen LogP contribution in [0.5, 0.6) is 0 Å². The molecule has 0 unspecified atom stereocenters. The van der Waals surface area contributed by atoms with Crippen molar-refractivity contribution in [2.75, 3.05) is 7.11 Å². The maximum absolute atomic E-state index is 11.0. The maximum atomic E-state index is 11.0. The van der Waals surface area contributed by atoms with E-state index in [-0.39, 0.29) is 11.9 Å². The van der Waals surface area contributed by atoms with Gasteiger partial charge in [0.15, 0.2) is 0 Å². The second-order valence-corrected chi connectivity index (χ2v) is 3.23. The summed E-state index contributed by atoms with van der Waals surface area (Å²) in [7, 11) is 6.96. The Labute approximate surface area is 84.9 Å². The summed E-state index contributed by atoms with van der Waals surface area (Å²) in [5, 5.41) is 0. The largest absolute Gasteiger partial charge is 0.469 e. The third-order valence-electron chi connectivity index (χ3n) is 2.05. The smallest absolute Gasteiger partial charge is 0.306 e. The molecular weight excluding hydrogens is 177 g/mol. The van der Waals surface area contributed by atoms with Gasteiger partial charge >= 0.3 is 5.97 Å². The van der Waals surface area contributed by atoms with Gasteiger partial charge in [-0.2, -0.15) is 0 Å². The van der Waals surface area contributed by atoms with Gasteiger partial charge in [0.1, 0.15) is 7.85 Å². The molecule has 1 atom stereocenters. The molecule has 2 radical (unpaired) electrons.